The number of ether oxygens (including phenoxy) is 1. The van der Waals surface area contributed by atoms with Crippen LogP contribution in [0.15, 0.2) is 48.8 Å². The minimum Gasteiger partial charge on any atom is -0.478 e. The van der Waals surface area contributed by atoms with Gasteiger partial charge in [-0.3, -0.25) is 0 Å². The van der Waals surface area contributed by atoms with E-state index in [1.54, 1.807) is 18.3 Å². The molecule has 3 N–H and O–H groups in total. The quantitative estimate of drug-likeness (QED) is 0.675. The van der Waals surface area contributed by atoms with Gasteiger partial charge in [-0.2, -0.15) is 0 Å². The van der Waals surface area contributed by atoms with Crippen molar-refractivity contribution in [1.29, 1.82) is 0 Å². The van der Waals surface area contributed by atoms with Crippen LogP contribution >= 0.6 is 0 Å². The van der Waals surface area contributed by atoms with Gasteiger partial charge in [0, 0.05) is 30.4 Å². The van der Waals surface area contributed by atoms with E-state index in [0.717, 1.165) is 29.8 Å². The highest BCUT2D eigenvalue weighted by Crippen LogP contribution is 2.23. The Hall–Kier alpha value is -3.06. The van der Waals surface area contributed by atoms with E-state index in [4.69, 9.17) is 9.84 Å². The van der Waals surface area contributed by atoms with Crippen LogP contribution < -0.4 is 15.0 Å². The number of benzene rings is 1. The SMILES string of the molecule is O=C(O)c1ccc(N2CCNCC2Oc2cnc3[nH]ccc3c2)cc1. The number of piperazine rings is 1. The summed E-state index contributed by atoms with van der Waals surface area (Å²) in [5.41, 5.74) is 2.04. The van der Waals surface area contributed by atoms with Gasteiger partial charge in [-0.15, -0.1) is 0 Å². The maximum absolute atomic E-state index is 11.0. The minimum atomic E-state index is -0.925. The molecule has 0 bridgehead atoms. The predicted octanol–water partition coefficient (Wildman–Crippen LogP) is 2.08. The lowest BCUT2D eigenvalue weighted by molar-refractivity contribution is 0.0697. The van der Waals surface area contributed by atoms with Gasteiger partial charge in [0.1, 0.15) is 11.4 Å². The van der Waals surface area contributed by atoms with Crippen LogP contribution in [0.1, 0.15) is 10.4 Å². The number of aromatic amines is 1. The number of hydrogen-bond donors (Lipinski definition) is 3. The summed E-state index contributed by atoms with van der Waals surface area (Å²) in [6, 6.07) is 10.8. The third-order valence-corrected chi connectivity index (χ3v) is 4.29. The molecule has 1 unspecified atom stereocenters. The number of carbonyl (C=O) groups is 1. The first-order valence-electron chi connectivity index (χ1n) is 8.11. The van der Waals surface area contributed by atoms with Crippen LogP contribution in [-0.4, -0.2) is 46.9 Å². The fraction of sp³-hybridized carbons (Fsp3) is 0.222. The maximum Gasteiger partial charge on any atom is 0.335 e. The number of anilines is 1. The lowest BCUT2D eigenvalue weighted by atomic mass is 10.2. The lowest BCUT2D eigenvalue weighted by Gasteiger charge is -2.37. The first kappa shape index (κ1) is 15.5. The average molecular weight is 338 g/mol. The smallest absolute Gasteiger partial charge is 0.335 e. The van der Waals surface area contributed by atoms with Crippen LogP contribution in [0.5, 0.6) is 5.75 Å². The molecule has 0 spiro atoms. The van der Waals surface area contributed by atoms with E-state index < -0.39 is 5.97 Å². The number of nitrogens with one attached hydrogen (secondary N) is 2. The van der Waals surface area contributed by atoms with Gasteiger partial charge >= 0.3 is 5.97 Å². The topological polar surface area (TPSA) is 90.5 Å². The van der Waals surface area contributed by atoms with E-state index in [1.165, 1.54) is 0 Å². The van der Waals surface area contributed by atoms with Crippen molar-refractivity contribution < 1.29 is 14.6 Å². The van der Waals surface area contributed by atoms with E-state index >= 15 is 0 Å². The normalized spacial score (nSPS) is 17.6. The number of aromatic nitrogens is 2. The molecule has 4 rings (SSSR count). The molecule has 7 nitrogen and oxygen atoms in total. The first-order valence-corrected chi connectivity index (χ1v) is 8.11. The van der Waals surface area contributed by atoms with E-state index in [0.29, 0.717) is 12.3 Å². The Morgan fingerprint density at radius 3 is 2.92 bits per heavy atom. The summed E-state index contributed by atoms with van der Waals surface area (Å²) >= 11 is 0. The Morgan fingerprint density at radius 2 is 2.12 bits per heavy atom. The van der Waals surface area contributed by atoms with Crippen LogP contribution in [-0.2, 0) is 0 Å². The highest BCUT2D eigenvalue weighted by molar-refractivity contribution is 5.88. The van der Waals surface area contributed by atoms with Crippen LogP contribution in [0, 0.1) is 0 Å². The van der Waals surface area contributed by atoms with Crippen molar-refractivity contribution in [3.8, 4) is 5.75 Å². The number of fused-ring (bicyclic) bond motifs is 1. The second-order valence-corrected chi connectivity index (χ2v) is 5.91. The van der Waals surface area contributed by atoms with E-state index in [2.05, 4.69) is 20.2 Å². The average Bonchev–Trinajstić information content (AvgIpc) is 3.10. The summed E-state index contributed by atoms with van der Waals surface area (Å²) in [7, 11) is 0. The number of aromatic carboxylic acids is 1. The summed E-state index contributed by atoms with van der Waals surface area (Å²) in [5.74, 6) is -0.224. The second kappa shape index (κ2) is 6.45. The van der Waals surface area contributed by atoms with Crippen LogP contribution in [0.4, 0.5) is 5.69 Å². The van der Waals surface area contributed by atoms with Crippen molar-refractivity contribution in [1.82, 2.24) is 15.3 Å². The summed E-state index contributed by atoms with van der Waals surface area (Å²) in [6.07, 6.45) is 3.36. The Bertz CT molecular complexity index is 891. The highest BCUT2D eigenvalue weighted by Gasteiger charge is 2.24. The number of rotatable bonds is 4. The molecular weight excluding hydrogens is 320 g/mol. The fourth-order valence-corrected chi connectivity index (χ4v) is 3.02. The summed E-state index contributed by atoms with van der Waals surface area (Å²) in [5, 5.41) is 13.4. The molecule has 7 heteroatoms. The van der Waals surface area contributed by atoms with Gasteiger partial charge in [-0.1, -0.05) is 0 Å². The molecule has 0 amide bonds. The molecule has 0 saturated carbocycles. The number of H-pyrrole nitrogens is 1. The van der Waals surface area contributed by atoms with Crippen molar-refractivity contribution in [3.63, 3.8) is 0 Å². The van der Waals surface area contributed by atoms with Gasteiger partial charge in [0.15, 0.2) is 6.23 Å². The van der Waals surface area contributed by atoms with Gasteiger partial charge in [0.05, 0.1) is 18.3 Å². The zero-order valence-corrected chi connectivity index (χ0v) is 13.5. The van der Waals surface area contributed by atoms with E-state index in [1.807, 2.05) is 30.5 Å². The number of carboxylic acid groups (broad SMARTS) is 1. The largest absolute Gasteiger partial charge is 0.478 e. The number of nitrogens with zero attached hydrogens (tertiary/aromatic N) is 2. The number of carboxylic acids is 1. The molecular formula is C18H18N4O3. The lowest BCUT2D eigenvalue weighted by Crippen LogP contribution is -2.54. The van der Waals surface area contributed by atoms with Crippen molar-refractivity contribution >= 4 is 22.7 Å². The Labute approximate surface area is 144 Å². The van der Waals surface area contributed by atoms with Gasteiger partial charge in [-0.05, 0) is 36.4 Å². The Balaban J connectivity index is 1.56. The van der Waals surface area contributed by atoms with Crippen LogP contribution in [0.25, 0.3) is 11.0 Å². The number of hydrogen-bond acceptors (Lipinski definition) is 5. The minimum absolute atomic E-state index is 0.192. The molecule has 3 heterocycles. The molecule has 1 atom stereocenters. The molecule has 0 aliphatic carbocycles. The van der Waals surface area contributed by atoms with Gasteiger partial charge < -0.3 is 25.0 Å². The molecule has 0 radical (unpaired) electrons. The second-order valence-electron chi connectivity index (χ2n) is 5.91. The van der Waals surface area contributed by atoms with Crippen LogP contribution in [0.2, 0.25) is 0 Å². The van der Waals surface area contributed by atoms with Gasteiger partial charge in [-0.25, -0.2) is 9.78 Å². The predicted molar refractivity (Wildman–Crippen MR) is 94.1 cm³/mol. The van der Waals surface area contributed by atoms with Gasteiger partial charge in [0.25, 0.3) is 0 Å². The zero-order valence-electron chi connectivity index (χ0n) is 13.5. The molecule has 25 heavy (non-hydrogen) atoms. The van der Waals surface area contributed by atoms with Crippen molar-refractivity contribution in [2.45, 2.75) is 6.23 Å². The molecule has 2 aromatic heterocycles. The molecule has 3 aromatic rings. The van der Waals surface area contributed by atoms with Crippen molar-refractivity contribution in [3.05, 3.63) is 54.4 Å². The molecule has 1 fully saturated rings. The number of pyridine rings is 1. The molecule has 1 saturated heterocycles. The molecule has 1 aromatic carbocycles. The highest BCUT2D eigenvalue weighted by atomic mass is 16.5. The summed E-state index contributed by atoms with van der Waals surface area (Å²) in [6.45, 7) is 2.29. The zero-order chi connectivity index (χ0) is 17.2. The maximum atomic E-state index is 11.0. The monoisotopic (exact) mass is 338 g/mol. The van der Waals surface area contributed by atoms with Crippen LogP contribution in [0.3, 0.4) is 0 Å². The van der Waals surface area contributed by atoms with Crippen molar-refractivity contribution in [2.24, 2.45) is 0 Å². The molecule has 1 aliphatic rings. The fourth-order valence-electron chi connectivity index (χ4n) is 3.02. The first-order chi connectivity index (χ1) is 12.2. The standard InChI is InChI=1S/C18H18N4O3/c23-18(24)12-1-3-14(4-2-12)22-8-7-19-11-16(22)25-15-9-13-5-6-20-17(13)21-10-15/h1-6,9-10,16,19H,7-8,11H2,(H,20,21)(H,23,24). The summed E-state index contributed by atoms with van der Waals surface area (Å²) < 4.78 is 6.15. The van der Waals surface area contributed by atoms with Crippen molar-refractivity contribution in [2.75, 3.05) is 24.5 Å². The molecule has 1 aliphatic heterocycles. The Morgan fingerprint density at radius 1 is 1.28 bits per heavy atom. The van der Waals surface area contributed by atoms with E-state index in [-0.39, 0.29) is 11.8 Å². The molecule has 128 valence electrons. The Kier molecular flexibility index (Phi) is 3.99. The third kappa shape index (κ3) is 3.14. The third-order valence-electron chi connectivity index (χ3n) is 4.29. The van der Waals surface area contributed by atoms with Gasteiger partial charge in [0.2, 0.25) is 0 Å². The summed E-state index contributed by atoms with van der Waals surface area (Å²) in [4.78, 5) is 20.6. The van der Waals surface area contributed by atoms with E-state index in [9.17, 15) is 4.79 Å².